The van der Waals surface area contributed by atoms with Crippen molar-refractivity contribution in [2.75, 3.05) is 0 Å². The van der Waals surface area contributed by atoms with Gasteiger partial charge in [-0.2, -0.15) is 10.1 Å². The SMILES string of the molecule is NC(=S)N1N=CC1=O. The molecule has 0 saturated heterocycles. The fourth-order valence-electron chi connectivity index (χ4n) is 0.328. The van der Waals surface area contributed by atoms with Crippen molar-refractivity contribution in [3.63, 3.8) is 0 Å². The van der Waals surface area contributed by atoms with Crippen LogP contribution in [0, 0.1) is 0 Å². The highest BCUT2D eigenvalue weighted by Gasteiger charge is 2.19. The third kappa shape index (κ3) is 0.564. The Kier molecular flexibility index (Phi) is 0.980. The number of carbonyl (C=O) groups excluding carboxylic acids is 1. The fourth-order valence-corrected chi connectivity index (χ4v) is 0.465. The normalized spacial score (nSPS) is 16.0. The van der Waals surface area contributed by atoms with E-state index in [9.17, 15) is 4.79 Å². The standard InChI is InChI=1S/C3H3N3OS/c4-3(8)6-2(7)1-5-6/h1H,(H2,4,8). The first-order valence-electron chi connectivity index (χ1n) is 1.89. The minimum Gasteiger partial charge on any atom is -0.374 e. The molecule has 1 rings (SSSR count). The summed E-state index contributed by atoms with van der Waals surface area (Å²) >= 11 is 4.41. The molecule has 42 valence electrons. The molecule has 0 aliphatic carbocycles. The third-order valence-corrected chi connectivity index (χ3v) is 0.874. The number of thiocarbonyl (C=S) groups is 1. The maximum Gasteiger partial charge on any atom is 0.293 e. The molecule has 1 heterocycles. The number of hydrogen-bond donors (Lipinski definition) is 1. The van der Waals surface area contributed by atoms with Crippen LogP contribution in [0.4, 0.5) is 0 Å². The van der Waals surface area contributed by atoms with Crippen LogP contribution in [-0.4, -0.2) is 22.2 Å². The van der Waals surface area contributed by atoms with Gasteiger partial charge in [0.25, 0.3) is 5.91 Å². The molecule has 0 unspecified atom stereocenters. The number of hydrogen-bond acceptors (Lipinski definition) is 3. The summed E-state index contributed by atoms with van der Waals surface area (Å²) < 4.78 is 0. The summed E-state index contributed by atoms with van der Waals surface area (Å²) in [7, 11) is 0. The predicted octanol–water partition coefficient (Wildman–Crippen LogP) is -0.942. The highest BCUT2D eigenvalue weighted by molar-refractivity contribution is 7.80. The van der Waals surface area contributed by atoms with Crippen LogP contribution >= 0.6 is 12.2 Å². The zero-order chi connectivity index (χ0) is 6.15. The summed E-state index contributed by atoms with van der Waals surface area (Å²) in [5.41, 5.74) is 5.01. The molecule has 0 fully saturated rings. The number of carbonyl (C=O) groups is 1. The van der Waals surface area contributed by atoms with Gasteiger partial charge in [0.05, 0.1) is 0 Å². The molecule has 0 aromatic carbocycles. The van der Waals surface area contributed by atoms with Crippen LogP contribution in [0.2, 0.25) is 0 Å². The maximum atomic E-state index is 10.3. The maximum absolute atomic E-state index is 10.3. The van der Waals surface area contributed by atoms with Crippen molar-refractivity contribution < 1.29 is 4.79 Å². The average Bonchev–Trinajstić information content (AvgIpc) is 1.61. The van der Waals surface area contributed by atoms with Crippen LogP contribution in [0.3, 0.4) is 0 Å². The Hall–Kier alpha value is -0.970. The van der Waals surface area contributed by atoms with E-state index >= 15 is 0 Å². The molecule has 1 aliphatic rings. The number of nitrogens with zero attached hydrogens (tertiary/aromatic N) is 2. The molecule has 4 nitrogen and oxygen atoms in total. The van der Waals surface area contributed by atoms with Crippen LogP contribution < -0.4 is 5.73 Å². The van der Waals surface area contributed by atoms with Crippen molar-refractivity contribution in [2.45, 2.75) is 0 Å². The summed E-state index contributed by atoms with van der Waals surface area (Å²) in [5.74, 6) is -0.252. The van der Waals surface area contributed by atoms with E-state index in [0.717, 1.165) is 11.2 Å². The first-order valence-corrected chi connectivity index (χ1v) is 2.30. The van der Waals surface area contributed by atoms with Crippen molar-refractivity contribution in [3.8, 4) is 0 Å². The summed E-state index contributed by atoms with van der Waals surface area (Å²) in [5, 5.41) is 4.39. The fraction of sp³-hybridized carbons (Fsp3) is 0. The minimum atomic E-state index is -0.252. The molecular formula is C3H3N3OS. The van der Waals surface area contributed by atoms with Gasteiger partial charge in [0.2, 0.25) is 0 Å². The van der Waals surface area contributed by atoms with Gasteiger partial charge in [0.15, 0.2) is 5.11 Å². The van der Waals surface area contributed by atoms with E-state index in [1.807, 2.05) is 0 Å². The second-order valence-corrected chi connectivity index (χ2v) is 1.65. The van der Waals surface area contributed by atoms with E-state index in [1.54, 1.807) is 0 Å². The van der Waals surface area contributed by atoms with Crippen molar-refractivity contribution in [1.82, 2.24) is 5.01 Å². The molecule has 0 atom stereocenters. The van der Waals surface area contributed by atoms with E-state index < -0.39 is 0 Å². The summed E-state index contributed by atoms with van der Waals surface area (Å²) in [4.78, 5) is 10.3. The predicted molar refractivity (Wildman–Crippen MR) is 32.1 cm³/mol. The highest BCUT2D eigenvalue weighted by Crippen LogP contribution is 1.96. The molecule has 0 aromatic heterocycles. The van der Waals surface area contributed by atoms with Crippen LogP contribution in [0.15, 0.2) is 5.10 Å². The Morgan fingerprint density at radius 1 is 2.00 bits per heavy atom. The second kappa shape index (κ2) is 1.52. The number of hydrazone groups is 1. The lowest BCUT2D eigenvalue weighted by molar-refractivity contribution is -0.122. The highest BCUT2D eigenvalue weighted by atomic mass is 32.1. The van der Waals surface area contributed by atoms with Crippen LogP contribution in [-0.2, 0) is 4.79 Å². The van der Waals surface area contributed by atoms with Crippen molar-refractivity contribution in [2.24, 2.45) is 10.8 Å². The second-order valence-electron chi connectivity index (χ2n) is 1.23. The Balaban J connectivity index is 2.66. The van der Waals surface area contributed by atoms with Gasteiger partial charge in [0, 0.05) is 0 Å². The molecule has 5 heteroatoms. The van der Waals surface area contributed by atoms with Gasteiger partial charge in [-0.1, -0.05) is 0 Å². The molecule has 2 N–H and O–H groups in total. The van der Waals surface area contributed by atoms with Gasteiger partial charge in [-0.25, -0.2) is 0 Å². The van der Waals surface area contributed by atoms with Gasteiger partial charge in [-0.15, -0.1) is 0 Å². The Labute approximate surface area is 50.9 Å². The Bertz CT molecular complexity index is 175. The molecule has 1 aliphatic heterocycles. The van der Waals surface area contributed by atoms with Gasteiger partial charge in [0.1, 0.15) is 6.21 Å². The largest absolute Gasteiger partial charge is 0.374 e. The Morgan fingerprint density at radius 3 is 2.62 bits per heavy atom. The zero-order valence-corrected chi connectivity index (χ0v) is 4.68. The number of rotatable bonds is 0. The first-order chi connectivity index (χ1) is 3.72. The van der Waals surface area contributed by atoms with Gasteiger partial charge in [-0.3, -0.25) is 4.79 Å². The van der Waals surface area contributed by atoms with E-state index in [2.05, 4.69) is 17.3 Å². The molecule has 0 radical (unpaired) electrons. The first kappa shape index (κ1) is 5.17. The van der Waals surface area contributed by atoms with E-state index in [-0.39, 0.29) is 11.0 Å². The van der Waals surface area contributed by atoms with Crippen LogP contribution in [0.1, 0.15) is 0 Å². The summed E-state index contributed by atoms with van der Waals surface area (Å²) in [6, 6.07) is 0. The Morgan fingerprint density at radius 2 is 2.62 bits per heavy atom. The number of nitrogens with two attached hydrogens (primary N) is 1. The van der Waals surface area contributed by atoms with Gasteiger partial charge >= 0.3 is 0 Å². The molecular weight excluding hydrogens is 126 g/mol. The van der Waals surface area contributed by atoms with Crippen molar-refractivity contribution >= 4 is 29.5 Å². The molecule has 0 bridgehead atoms. The third-order valence-electron chi connectivity index (χ3n) is 0.701. The van der Waals surface area contributed by atoms with E-state index in [1.165, 1.54) is 0 Å². The zero-order valence-electron chi connectivity index (χ0n) is 3.87. The molecule has 0 saturated carbocycles. The molecule has 0 spiro atoms. The minimum absolute atomic E-state index is 0.00231. The lowest BCUT2D eigenvalue weighted by Gasteiger charge is -2.17. The van der Waals surface area contributed by atoms with Gasteiger partial charge < -0.3 is 5.73 Å². The van der Waals surface area contributed by atoms with Gasteiger partial charge in [-0.05, 0) is 12.2 Å². The summed E-state index contributed by atoms with van der Waals surface area (Å²) in [6.07, 6.45) is 1.15. The molecule has 1 amide bonds. The van der Waals surface area contributed by atoms with Crippen molar-refractivity contribution in [1.29, 1.82) is 0 Å². The average molecular weight is 129 g/mol. The van der Waals surface area contributed by atoms with E-state index in [0.29, 0.717) is 0 Å². The lowest BCUT2D eigenvalue weighted by Crippen LogP contribution is -2.43. The lowest BCUT2D eigenvalue weighted by atomic mass is 10.6. The molecule has 8 heavy (non-hydrogen) atoms. The van der Waals surface area contributed by atoms with Crippen LogP contribution in [0.25, 0.3) is 0 Å². The monoisotopic (exact) mass is 129 g/mol. The molecule has 0 aromatic rings. The van der Waals surface area contributed by atoms with Crippen LogP contribution in [0.5, 0.6) is 0 Å². The smallest absolute Gasteiger partial charge is 0.293 e. The quantitative estimate of drug-likeness (QED) is 0.429. The summed E-state index contributed by atoms with van der Waals surface area (Å²) in [6.45, 7) is 0. The van der Waals surface area contributed by atoms with E-state index in [4.69, 9.17) is 5.73 Å². The topological polar surface area (TPSA) is 58.7 Å². The van der Waals surface area contributed by atoms with Crippen molar-refractivity contribution in [3.05, 3.63) is 0 Å². The number of amides is 1.